The number of aliphatic hydroxyl groups is 1. The molecule has 41 heavy (non-hydrogen) atoms. The number of rotatable bonds is 8. The minimum Gasteiger partial charge on any atom is -0.395 e. The fraction of sp³-hybridized carbons (Fsp3) is 0.483. The average molecular weight is 560 g/mol. The van der Waals surface area contributed by atoms with Crippen molar-refractivity contribution in [1.82, 2.24) is 29.7 Å². The van der Waals surface area contributed by atoms with Gasteiger partial charge >= 0.3 is 0 Å². The van der Waals surface area contributed by atoms with E-state index in [1.165, 1.54) is 0 Å². The molecule has 3 N–H and O–H groups in total. The van der Waals surface area contributed by atoms with Crippen molar-refractivity contribution in [3.8, 4) is 11.3 Å². The van der Waals surface area contributed by atoms with Gasteiger partial charge in [-0.25, -0.2) is 15.0 Å². The number of anilines is 4. The van der Waals surface area contributed by atoms with Crippen LogP contribution < -0.4 is 15.5 Å². The highest BCUT2D eigenvalue weighted by molar-refractivity contribution is 5.78. The number of carbonyl (C=O) groups is 1. The van der Waals surface area contributed by atoms with Gasteiger partial charge in [0.1, 0.15) is 5.82 Å². The number of hydrogen-bond donors (Lipinski definition) is 2. The van der Waals surface area contributed by atoms with Crippen molar-refractivity contribution >= 4 is 29.3 Å². The molecule has 3 aliphatic heterocycles. The van der Waals surface area contributed by atoms with Gasteiger partial charge in [0.05, 0.1) is 25.5 Å². The van der Waals surface area contributed by atoms with E-state index in [0.717, 1.165) is 86.1 Å². The van der Waals surface area contributed by atoms with Crippen LogP contribution in [-0.4, -0.2) is 113 Å². The largest absolute Gasteiger partial charge is 0.395 e. The van der Waals surface area contributed by atoms with Gasteiger partial charge in [0.25, 0.3) is 0 Å². The van der Waals surface area contributed by atoms with Crippen LogP contribution >= 0.6 is 0 Å². The molecule has 6 rings (SSSR count). The first-order chi connectivity index (χ1) is 20.1. The Kier molecular flexibility index (Phi) is 8.21. The molecule has 2 aromatic heterocycles. The van der Waals surface area contributed by atoms with Gasteiger partial charge in [-0.3, -0.25) is 9.69 Å². The fourth-order valence-electron chi connectivity index (χ4n) is 5.71. The smallest absolute Gasteiger partial charge is 0.228 e. The topological polar surface area (TPSA) is 137 Å². The maximum atomic E-state index is 12.8. The molecule has 2 saturated heterocycles. The molecule has 12 nitrogen and oxygen atoms in total. The number of aromatic nitrogens is 4. The number of fused-ring (bicyclic) bond motifs is 1. The Labute approximate surface area is 239 Å². The van der Waals surface area contributed by atoms with Gasteiger partial charge in [0.2, 0.25) is 17.8 Å². The van der Waals surface area contributed by atoms with Gasteiger partial charge in [0, 0.05) is 88.0 Å². The Hall–Kier alpha value is -3.87. The number of β-amino-alcohol motifs (C(OH)–C–C–N with tert-alkyl or cyclic N) is 1. The number of nitrogens with two attached hydrogens (primary N) is 1. The fourth-order valence-corrected chi connectivity index (χ4v) is 5.71. The van der Waals surface area contributed by atoms with E-state index in [1.807, 2.05) is 4.90 Å². The van der Waals surface area contributed by atoms with E-state index in [-0.39, 0.29) is 18.5 Å². The minimum absolute atomic E-state index is 0.160. The standard InChI is InChI=1S/C29H37N9O3/c30-28-31-19-22(20-32-28)26-24-7-8-38(27(24)34-29(33-26)37-14-17-41-18-15-37)23-4-1-21(2-5-23)3-6-25(40)36-11-9-35(10-12-36)13-16-39/h1-2,4-5,19-20,39H,3,6-18H2,(H2,30,31,32). The summed E-state index contributed by atoms with van der Waals surface area (Å²) in [5.41, 5.74) is 10.7. The second-order valence-electron chi connectivity index (χ2n) is 10.6. The molecule has 0 bridgehead atoms. The number of carbonyl (C=O) groups excluding carboxylic acids is 1. The van der Waals surface area contributed by atoms with E-state index in [1.54, 1.807) is 12.4 Å². The lowest BCUT2D eigenvalue weighted by atomic mass is 10.1. The molecule has 0 radical (unpaired) electrons. The van der Waals surface area contributed by atoms with E-state index < -0.39 is 0 Å². The van der Waals surface area contributed by atoms with Crippen molar-refractivity contribution < 1.29 is 14.6 Å². The van der Waals surface area contributed by atoms with Crippen LogP contribution in [0.1, 0.15) is 17.5 Å². The summed E-state index contributed by atoms with van der Waals surface area (Å²) in [6.45, 7) is 7.49. The molecule has 1 amide bonds. The molecule has 216 valence electrons. The number of benzene rings is 1. The highest BCUT2D eigenvalue weighted by Gasteiger charge is 2.29. The lowest BCUT2D eigenvalue weighted by Crippen LogP contribution is -2.49. The van der Waals surface area contributed by atoms with Gasteiger partial charge in [0.15, 0.2) is 0 Å². The van der Waals surface area contributed by atoms with Crippen LogP contribution in [0.4, 0.5) is 23.4 Å². The quantitative estimate of drug-likeness (QED) is 0.411. The normalized spacial score (nSPS) is 17.6. The molecular weight excluding hydrogens is 522 g/mol. The Morgan fingerprint density at radius 3 is 2.39 bits per heavy atom. The first kappa shape index (κ1) is 27.3. The van der Waals surface area contributed by atoms with E-state index in [0.29, 0.717) is 38.5 Å². The summed E-state index contributed by atoms with van der Waals surface area (Å²) in [5.74, 6) is 2.00. The van der Waals surface area contributed by atoms with Crippen molar-refractivity contribution in [3.05, 3.63) is 47.8 Å². The van der Waals surface area contributed by atoms with Gasteiger partial charge in [-0.05, 0) is 30.5 Å². The molecule has 5 heterocycles. The summed E-state index contributed by atoms with van der Waals surface area (Å²) in [6, 6.07) is 8.45. The summed E-state index contributed by atoms with van der Waals surface area (Å²) in [6.07, 6.45) is 5.45. The van der Waals surface area contributed by atoms with Crippen molar-refractivity contribution in [1.29, 1.82) is 0 Å². The number of aryl methyl sites for hydroxylation is 1. The molecule has 0 saturated carbocycles. The van der Waals surface area contributed by atoms with Crippen molar-refractivity contribution in [2.75, 3.05) is 87.7 Å². The Morgan fingerprint density at radius 1 is 0.951 bits per heavy atom. The van der Waals surface area contributed by atoms with E-state index in [9.17, 15) is 4.79 Å². The summed E-state index contributed by atoms with van der Waals surface area (Å²) in [4.78, 5) is 39.7. The lowest BCUT2D eigenvalue weighted by molar-refractivity contribution is -0.132. The zero-order valence-electron chi connectivity index (χ0n) is 23.3. The minimum atomic E-state index is 0.160. The molecule has 12 heteroatoms. The molecular formula is C29H37N9O3. The number of aliphatic hydroxyl groups excluding tert-OH is 1. The maximum absolute atomic E-state index is 12.8. The summed E-state index contributed by atoms with van der Waals surface area (Å²) in [7, 11) is 0. The number of hydrogen-bond acceptors (Lipinski definition) is 11. The van der Waals surface area contributed by atoms with Crippen LogP contribution in [0.25, 0.3) is 11.3 Å². The first-order valence-corrected chi connectivity index (χ1v) is 14.4. The highest BCUT2D eigenvalue weighted by Crippen LogP contribution is 2.39. The number of nitrogens with zero attached hydrogens (tertiary/aromatic N) is 8. The van der Waals surface area contributed by atoms with E-state index >= 15 is 0 Å². The SMILES string of the molecule is Nc1ncc(-c2nc(N3CCOCC3)nc3c2CCN3c2ccc(CCC(=O)N3CCN(CCO)CC3)cc2)cn1. The third-order valence-electron chi connectivity index (χ3n) is 8.07. The number of piperazine rings is 1. The average Bonchev–Trinajstić information content (AvgIpc) is 3.45. The van der Waals surface area contributed by atoms with Gasteiger partial charge in [-0.2, -0.15) is 4.98 Å². The van der Waals surface area contributed by atoms with Crippen LogP contribution in [0.2, 0.25) is 0 Å². The predicted molar refractivity (Wildman–Crippen MR) is 156 cm³/mol. The Morgan fingerprint density at radius 2 is 1.68 bits per heavy atom. The molecule has 0 unspecified atom stereocenters. The maximum Gasteiger partial charge on any atom is 0.228 e. The Bertz CT molecular complexity index is 1340. The monoisotopic (exact) mass is 559 g/mol. The summed E-state index contributed by atoms with van der Waals surface area (Å²) >= 11 is 0. The molecule has 1 aromatic carbocycles. The second-order valence-corrected chi connectivity index (χ2v) is 10.6. The Balaban J connectivity index is 1.17. The van der Waals surface area contributed by atoms with Crippen molar-refractivity contribution in [3.63, 3.8) is 0 Å². The van der Waals surface area contributed by atoms with E-state index in [2.05, 4.69) is 48.9 Å². The van der Waals surface area contributed by atoms with Gasteiger partial charge in [-0.1, -0.05) is 12.1 Å². The van der Waals surface area contributed by atoms with Crippen molar-refractivity contribution in [2.45, 2.75) is 19.3 Å². The third kappa shape index (κ3) is 6.09. The number of morpholine rings is 1. The molecule has 0 spiro atoms. The van der Waals surface area contributed by atoms with Crippen LogP contribution in [0.5, 0.6) is 0 Å². The summed E-state index contributed by atoms with van der Waals surface area (Å²) < 4.78 is 5.55. The summed E-state index contributed by atoms with van der Waals surface area (Å²) in [5, 5.41) is 9.13. The van der Waals surface area contributed by atoms with E-state index in [4.69, 9.17) is 25.5 Å². The lowest BCUT2D eigenvalue weighted by Gasteiger charge is -2.34. The molecule has 0 atom stereocenters. The zero-order chi connectivity index (χ0) is 28.2. The van der Waals surface area contributed by atoms with Crippen LogP contribution in [0, 0.1) is 0 Å². The molecule has 0 aliphatic carbocycles. The second kappa shape index (κ2) is 12.3. The first-order valence-electron chi connectivity index (χ1n) is 14.4. The highest BCUT2D eigenvalue weighted by atomic mass is 16.5. The number of ether oxygens (including phenoxy) is 1. The van der Waals surface area contributed by atoms with Crippen molar-refractivity contribution in [2.24, 2.45) is 0 Å². The molecule has 3 aliphatic rings. The zero-order valence-corrected chi connectivity index (χ0v) is 23.3. The van der Waals surface area contributed by atoms with Gasteiger partial charge < -0.3 is 30.3 Å². The van der Waals surface area contributed by atoms with Crippen LogP contribution in [-0.2, 0) is 22.4 Å². The number of nitrogen functional groups attached to an aromatic ring is 1. The van der Waals surface area contributed by atoms with Gasteiger partial charge in [-0.15, -0.1) is 0 Å². The number of amides is 1. The van der Waals surface area contributed by atoms with Crippen LogP contribution in [0.3, 0.4) is 0 Å². The predicted octanol–water partition coefficient (Wildman–Crippen LogP) is 1.12. The van der Waals surface area contributed by atoms with Crippen LogP contribution in [0.15, 0.2) is 36.7 Å². The molecule has 3 aromatic rings. The molecule has 2 fully saturated rings. The third-order valence-corrected chi connectivity index (χ3v) is 8.07.